The number of rotatable bonds is 9. The number of carbonyl (C=O) groups is 1. The van der Waals surface area contributed by atoms with Gasteiger partial charge in [0.2, 0.25) is 0 Å². The van der Waals surface area contributed by atoms with Crippen LogP contribution in [0, 0.1) is 61.0 Å². The first-order valence-corrected chi connectivity index (χ1v) is 8.68. The van der Waals surface area contributed by atoms with Crippen molar-refractivity contribution < 1.29 is 108 Å². The number of unbranched alkanes of at least 4 members (excludes halogenated alkanes) is 1. The third-order valence-corrected chi connectivity index (χ3v) is 2.79. The minimum absolute atomic E-state index is 0. The van der Waals surface area contributed by atoms with E-state index >= 15 is 0 Å². The first-order valence-electron chi connectivity index (χ1n) is 8.68. The molecule has 0 rings (SSSR count). The molecule has 0 saturated carbocycles. The Morgan fingerprint density at radius 3 is 1.28 bits per heavy atom. The van der Waals surface area contributed by atoms with Crippen LogP contribution in [0.15, 0.2) is 0 Å². The van der Waals surface area contributed by atoms with E-state index in [2.05, 4.69) is 53.4 Å². The first-order chi connectivity index (χ1) is 10.2. The molecular weight excluding hydrogens is 587 g/mol. The molecule has 0 spiro atoms. The van der Waals surface area contributed by atoms with Crippen LogP contribution in [-0.4, -0.2) is 12.4 Å². The molecule has 0 saturated heterocycles. The van der Waals surface area contributed by atoms with Crippen molar-refractivity contribution in [2.45, 2.75) is 87.5 Å². The number of Topliss-reactive ketones (excluding diaryl/α,β-unsaturated/α-hetero) is 1. The summed E-state index contributed by atoms with van der Waals surface area (Å²) in [6.45, 7) is 20.9. The fourth-order valence-corrected chi connectivity index (χ4v) is 1.43. The van der Waals surface area contributed by atoms with Gasteiger partial charge in [0.1, 0.15) is 5.78 Å². The summed E-state index contributed by atoms with van der Waals surface area (Å²) >= 11 is 0. The predicted octanol–water partition coefficient (Wildman–Crippen LogP) is 8.29. The molecule has 0 aliphatic heterocycles. The maximum atomic E-state index is 10.6. The molecule has 0 N–H and O–H groups in total. The maximum Gasteiger partial charge on any atom is 0.103 e. The molecule has 0 aliphatic carbocycles. The van der Waals surface area contributed by atoms with Crippen LogP contribution in [0.4, 0.5) is 0 Å². The van der Waals surface area contributed by atoms with Gasteiger partial charge in [-0.15, -0.1) is 6.42 Å². The van der Waals surface area contributed by atoms with E-state index in [1.807, 2.05) is 13.8 Å². The Morgan fingerprint density at radius 2 is 1.17 bits per heavy atom. The van der Waals surface area contributed by atoms with Crippen molar-refractivity contribution in [1.29, 1.82) is 0 Å². The van der Waals surface area contributed by atoms with Gasteiger partial charge in [0.15, 0.2) is 0 Å². The molecule has 0 unspecified atom stereocenters. The van der Waals surface area contributed by atoms with Crippen molar-refractivity contribution in [2.75, 3.05) is 6.61 Å². The average Bonchev–Trinajstić information content (AvgIpc) is 2.43. The van der Waals surface area contributed by atoms with E-state index in [1.54, 1.807) is 0 Å². The molecule has 0 amide bonds. The number of hydrogen-bond donors (Lipinski definition) is 0. The number of ketones is 1. The van der Waals surface area contributed by atoms with Crippen LogP contribution in [0.5, 0.6) is 0 Å². The molecular formula is C24H54O2Y3-6. The van der Waals surface area contributed by atoms with Gasteiger partial charge in [0.05, 0.1) is 0 Å². The van der Waals surface area contributed by atoms with Crippen molar-refractivity contribution in [1.82, 2.24) is 0 Å². The summed E-state index contributed by atoms with van der Waals surface area (Å²) in [5.74, 6) is 2.35. The molecule has 0 bridgehead atoms. The topological polar surface area (TPSA) is 26.3 Å². The monoisotopic (exact) mass is 641 g/mol. The van der Waals surface area contributed by atoms with E-state index in [1.165, 1.54) is 12.8 Å². The van der Waals surface area contributed by atoms with Crippen LogP contribution < -0.4 is 0 Å². The van der Waals surface area contributed by atoms with Crippen LogP contribution in [-0.2, 0) is 108 Å². The zero-order chi connectivity index (χ0) is 18.0. The SMILES string of the molecule is C.[CH2-]CC(=O)CC(C)C.[CH2-]CCCC(C)C.[CH2-]OCCC(C)C.[CH3-].[CH3-].[CH3-].[Y].[Y].[Y]. The minimum atomic E-state index is 0. The molecule has 29 heavy (non-hydrogen) atoms. The molecule has 2 nitrogen and oxygen atoms in total. The van der Waals surface area contributed by atoms with Gasteiger partial charge < -0.3 is 45.7 Å². The zero-order valence-electron chi connectivity index (χ0n) is 20.9. The smallest absolute Gasteiger partial charge is 0.103 e. The van der Waals surface area contributed by atoms with E-state index < -0.39 is 0 Å². The quantitative estimate of drug-likeness (QED) is 0.237. The first kappa shape index (κ1) is 63.5. The standard InChI is InChI=1S/C7H13O.C7H15.C6H13O.CH4.3CH3.3Y/c1-4-7(8)5-6(2)3;1-4-5-6-7(2)3;1-6(2)4-5-7-3;;;;;;;/h6H,1,4-5H2,2-3H3;7H,1,4-6H2,2-3H3;6H,3-5H2,1-2H3;1H4;3*1H3;;;/q3*-1;;3*-1;;;. The third kappa shape index (κ3) is 90.3. The summed E-state index contributed by atoms with van der Waals surface area (Å²) in [6, 6.07) is 0. The van der Waals surface area contributed by atoms with E-state index in [0.717, 1.165) is 31.3 Å². The molecule has 0 atom stereocenters. The summed E-state index contributed by atoms with van der Waals surface area (Å²) in [5.41, 5.74) is 0. The summed E-state index contributed by atoms with van der Waals surface area (Å²) in [5, 5.41) is 0. The largest absolute Gasteiger partial charge is 0.555 e. The Bertz CT molecular complexity index is 210. The van der Waals surface area contributed by atoms with E-state index in [4.69, 9.17) is 0 Å². The molecule has 0 aromatic rings. The summed E-state index contributed by atoms with van der Waals surface area (Å²) in [6.07, 6.45) is 5.96. The van der Waals surface area contributed by atoms with Crippen LogP contribution in [0.2, 0.25) is 0 Å². The molecule has 5 heteroatoms. The van der Waals surface area contributed by atoms with Crippen molar-refractivity contribution >= 4 is 5.78 Å². The average molecular weight is 641 g/mol. The Balaban J connectivity index is -0.0000000209. The summed E-state index contributed by atoms with van der Waals surface area (Å²) < 4.78 is 4.60. The van der Waals surface area contributed by atoms with E-state index in [9.17, 15) is 4.79 Å². The summed E-state index contributed by atoms with van der Waals surface area (Å²) in [7, 11) is 3.26. The normalized spacial score (nSPS) is 7.72. The zero-order valence-corrected chi connectivity index (χ0v) is 29.4. The predicted molar refractivity (Wildman–Crippen MR) is 125 cm³/mol. The van der Waals surface area contributed by atoms with Crippen molar-refractivity contribution in [2.24, 2.45) is 17.8 Å². The Morgan fingerprint density at radius 1 is 0.793 bits per heavy atom. The molecule has 0 aromatic heterocycles. The van der Waals surface area contributed by atoms with Gasteiger partial charge in [0, 0.05) is 111 Å². The molecule has 0 aromatic carbocycles. The van der Waals surface area contributed by atoms with Crippen LogP contribution >= 0.6 is 0 Å². The Hall–Kier alpha value is 2.94. The maximum absolute atomic E-state index is 10.6. The van der Waals surface area contributed by atoms with Gasteiger partial charge in [0.25, 0.3) is 0 Å². The van der Waals surface area contributed by atoms with Crippen molar-refractivity contribution in [3.8, 4) is 0 Å². The summed E-state index contributed by atoms with van der Waals surface area (Å²) in [4.78, 5) is 10.6. The van der Waals surface area contributed by atoms with Gasteiger partial charge in [-0.05, 0) is 24.2 Å². The second-order valence-corrected chi connectivity index (χ2v) is 6.87. The molecule has 177 valence electrons. The number of ether oxygens (including phenoxy) is 1. The van der Waals surface area contributed by atoms with Gasteiger partial charge >= 0.3 is 0 Å². The van der Waals surface area contributed by atoms with Crippen LogP contribution in [0.25, 0.3) is 0 Å². The number of carbonyl (C=O) groups excluding carboxylic acids is 1. The van der Waals surface area contributed by atoms with Gasteiger partial charge in [-0.25, -0.2) is 7.11 Å². The van der Waals surface area contributed by atoms with Crippen LogP contribution in [0.1, 0.15) is 87.5 Å². The molecule has 0 aliphatic rings. The molecule has 3 radical (unpaired) electrons. The fraction of sp³-hybridized carbons (Fsp3) is 0.708. The van der Waals surface area contributed by atoms with Gasteiger partial charge in [-0.1, -0.05) is 61.8 Å². The fourth-order valence-electron chi connectivity index (χ4n) is 1.43. The van der Waals surface area contributed by atoms with Crippen molar-refractivity contribution in [3.63, 3.8) is 0 Å². The van der Waals surface area contributed by atoms with E-state index in [0.29, 0.717) is 18.8 Å². The van der Waals surface area contributed by atoms with Gasteiger partial charge in [-0.2, -0.15) is 6.42 Å². The Kier molecular flexibility index (Phi) is 115. The second-order valence-electron chi connectivity index (χ2n) is 6.87. The Labute approximate surface area is 265 Å². The minimum Gasteiger partial charge on any atom is -0.555 e. The van der Waals surface area contributed by atoms with Gasteiger partial charge in [-0.3, -0.25) is 0 Å². The van der Waals surface area contributed by atoms with E-state index in [-0.39, 0.29) is 134 Å². The van der Waals surface area contributed by atoms with Crippen molar-refractivity contribution in [3.05, 3.63) is 43.2 Å². The molecule has 0 fully saturated rings. The number of hydrogen-bond acceptors (Lipinski definition) is 2. The third-order valence-electron chi connectivity index (χ3n) is 2.79. The van der Waals surface area contributed by atoms with Crippen LogP contribution in [0.3, 0.4) is 0 Å². The second kappa shape index (κ2) is 52.7. The molecule has 0 heterocycles.